The molecule has 0 saturated carbocycles. The standard InChI is InChI=1S/C24H31NO5/c26-17-18-6-8-20(9-7-18)23(28)22(19-4-2-1-3-5-19)21(27)16-25-12-10-24(11-13-25)29-14-15-30-24/h1-9,21-23,26-28H,10-17H2/t21-,22-,23+/m1/s1. The Labute approximate surface area is 177 Å². The monoisotopic (exact) mass is 413 g/mol. The summed E-state index contributed by atoms with van der Waals surface area (Å²) >= 11 is 0. The molecular weight excluding hydrogens is 382 g/mol. The summed E-state index contributed by atoms with van der Waals surface area (Å²) in [4.78, 5) is 2.22. The molecule has 0 radical (unpaired) electrons. The van der Waals surface area contributed by atoms with Crippen LogP contribution >= 0.6 is 0 Å². The number of hydrogen-bond acceptors (Lipinski definition) is 6. The molecule has 2 aliphatic heterocycles. The third kappa shape index (κ3) is 4.75. The van der Waals surface area contributed by atoms with Crippen LogP contribution in [0.3, 0.4) is 0 Å². The van der Waals surface area contributed by atoms with E-state index in [1.165, 1.54) is 0 Å². The zero-order valence-electron chi connectivity index (χ0n) is 17.2. The van der Waals surface area contributed by atoms with E-state index in [2.05, 4.69) is 4.90 Å². The molecule has 1 spiro atoms. The third-order valence-corrected chi connectivity index (χ3v) is 6.32. The second-order valence-corrected chi connectivity index (χ2v) is 8.26. The first kappa shape index (κ1) is 21.4. The molecule has 0 amide bonds. The molecule has 2 aromatic carbocycles. The van der Waals surface area contributed by atoms with E-state index in [1.54, 1.807) is 12.1 Å². The Bertz CT molecular complexity index is 781. The van der Waals surface area contributed by atoms with Crippen molar-refractivity contribution in [2.75, 3.05) is 32.8 Å². The van der Waals surface area contributed by atoms with Crippen molar-refractivity contribution < 1.29 is 24.8 Å². The molecule has 30 heavy (non-hydrogen) atoms. The second-order valence-electron chi connectivity index (χ2n) is 8.26. The van der Waals surface area contributed by atoms with Crippen LogP contribution in [-0.2, 0) is 16.1 Å². The van der Waals surface area contributed by atoms with Crippen molar-refractivity contribution in [3.63, 3.8) is 0 Å². The molecule has 3 atom stereocenters. The predicted molar refractivity (Wildman–Crippen MR) is 113 cm³/mol. The molecule has 2 saturated heterocycles. The van der Waals surface area contributed by atoms with Gasteiger partial charge in [0.1, 0.15) is 0 Å². The minimum absolute atomic E-state index is 0.0367. The number of likely N-dealkylation sites (tertiary alicyclic amines) is 1. The Morgan fingerprint density at radius 2 is 1.50 bits per heavy atom. The fourth-order valence-corrected chi connectivity index (χ4v) is 4.56. The second kappa shape index (κ2) is 9.56. The van der Waals surface area contributed by atoms with E-state index < -0.39 is 23.9 Å². The number of nitrogens with zero attached hydrogens (tertiary/aromatic N) is 1. The fraction of sp³-hybridized carbons (Fsp3) is 0.500. The third-order valence-electron chi connectivity index (χ3n) is 6.32. The first-order chi connectivity index (χ1) is 14.6. The van der Waals surface area contributed by atoms with Crippen LogP contribution in [0.25, 0.3) is 0 Å². The highest BCUT2D eigenvalue weighted by atomic mass is 16.7. The fourth-order valence-electron chi connectivity index (χ4n) is 4.56. The van der Waals surface area contributed by atoms with Gasteiger partial charge in [0.05, 0.1) is 32.0 Å². The van der Waals surface area contributed by atoms with Crippen LogP contribution in [-0.4, -0.2) is 65.0 Å². The first-order valence-corrected chi connectivity index (χ1v) is 10.7. The maximum Gasteiger partial charge on any atom is 0.170 e. The predicted octanol–water partition coefficient (Wildman–Crippen LogP) is 2.20. The lowest BCUT2D eigenvalue weighted by Gasteiger charge is -2.39. The molecule has 162 valence electrons. The maximum absolute atomic E-state index is 11.2. The van der Waals surface area contributed by atoms with E-state index in [0.717, 1.165) is 42.6 Å². The zero-order valence-corrected chi connectivity index (χ0v) is 17.2. The largest absolute Gasteiger partial charge is 0.392 e. The van der Waals surface area contributed by atoms with Gasteiger partial charge in [-0.2, -0.15) is 0 Å². The van der Waals surface area contributed by atoms with Crippen LogP contribution in [0, 0.1) is 0 Å². The van der Waals surface area contributed by atoms with Crippen molar-refractivity contribution in [3.8, 4) is 0 Å². The van der Waals surface area contributed by atoms with Crippen LogP contribution in [0.4, 0.5) is 0 Å². The van der Waals surface area contributed by atoms with Gasteiger partial charge < -0.3 is 29.7 Å². The van der Waals surface area contributed by atoms with E-state index in [9.17, 15) is 15.3 Å². The quantitative estimate of drug-likeness (QED) is 0.646. The minimum atomic E-state index is -0.854. The van der Waals surface area contributed by atoms with E-state index in [-0.39, 0.29) is 6.61 Å². The van der Waals surface area contributed by atoms with Crippen molar-refractivity contribution in [1.82, 2.24) is 4.90 Å². The molecule has 2 aliphatic rings. The number of aliphatic hydroxyl groups is 3. The Kier molecular flexibility index (Phi) is 6.83. The van der Waals surface area contributed by atoms with Crippen molar-refractivity contribution in [1.29, 1.82) is 0 Å². The summed E-state index contributed by atoms with van der Waals surface area (Å²) in [5, 5.41) is 31.7. The average molecular weight is 414 g/mol. The molecule has 4 rings (SSSR count). The molecule has 2 heterocycles. The van der Waals surface area contributed by atoms with Crippen LogP contribution in [0.2, 0.25) is 0 Å². The van der Waals surface area contributed by atoms with Gasteiger partial charge in [-0.15, -0.1) is 0 Å². The van der Waals surface area contributed by atoms with E-state index in [1.807, 2.05) is 42.5 Å². The van der Waals surface area contributed by atoms with Gasteiger partial charge in [-0.3, -0.25) is 0 Å². The van der Waals surface area contributed by atoms with Gasteiger partial charge in [0.25, 0.3) is 0 Å². The first-order valence-electron chi connectivity index (χ1n) is 10.7. The smallest absolute Gasteiger partial charge is 0.170 e. The lowest BCUT2D eigenvalue weighted by molar-refractivity contribution is -0.186. The Morgan fingerprint density at radius 1 is 0.867 bits per heavy atom. The summed E-state index contributed by atoms with van der Waals surface area (Å²) in [6.07, 6.45) is -0.00548. The molecule has 0 bridgehead atoms. The molecule has 3 N–H and O–H groups in total. The topological polar surface area (TPSA) is 82.4 Å². The van der Waals surface area contributed by atoms with E-state index >= 15 is 0 Å². The van der Waals surface area contributed by atoms with Gasteiger partial charge >= 0.3 is 0 Å². The van der Waals surface area contributed by atoms with Crippen LogP contribution in [0.15, 0.2) is 54.6 Å². The summed E-state index contributed by atoms with van der Waals surface area (Å²) in [7, 11) is 0. The Hall–Kier alpha value is -1.80. The van der Waals surface area contributed by atoms with Gasteiger partial charge in [0, 0.05) is 38.4 Å². The number of ether oxygens (including phenoxy) is 2. The van der Waals surface area contributed by atoms with Gasteiger partial charge in [0.15, 0.2) is 5.79 Å². The number of β-amino-alcohol motifs (C(OH)–C–C–N with tert-alkyl or cyclic N) is 1. The van der Waals surface area contributed by atoms with Gasteiger partial charge in [-0.1, -0.05) is 54.6 Å². The molecule has 0 aromatic heterocycles. The van der Waals surface area contributed by atoms with Crippen molar-refractivity contribution in [2.45, 2.75) is 43.4 Å². The normalized spacial score (nSPS) is 22.1. The average Bonchev–Trinajstić information content (AvgIpc) is 3.24. The van der Waals surface area contributed by atoms with Crippen molar-refractivity contribution in [2.24, 2.45) is 0 Å². The Balaban J connectivity index is 1.48. The summed E-state index contributed by atoms with van der Waals surface area (Å²) in [6.45, 7) is 3.33. The summed E-state index contributed by atoms with van der Waals surface area (Å²) in [6, 6.07) is 16.9. The molecule has 6 heteroatoms. The van der Waals surface area contributed by atoms with Gasteiger partial charge in [-0.25, -0.2) is 0 Å². The number of rotatable bonds is 7. The lowest BCUT2D eigenvalue weighted by atomic mass is 9.84. The molecule has 0 unspecified atom stereocenters. The maximum atomic E-state index is 11.2. The zero-order chi connectivity index (χ0) is 21.0. The number of aliphatic hydroxyl groups excluding tert-OH is 3. The SMILES string of the molecule is OCc1ccc([C@H](O)[C@H](c2ccccc2)[C@H](O)CN2CCC3(CC2)OCCO3)cc1. The van der Waals surface area contributed by atoms with Crippen LogP contribution in [0.5, 0.6) is 0 Å². The molecule has 0 aliphatic carbocycles. The lowest BCUT2D eigenvalue weighted by Crippen LogP contribution is -2.48. The van der Waals surface area contributed by atoms with E-state index in [0.29, 0.717) is 19.8 Å². The number of piperidine rings is 1. The highest BCUT2D eigenvalue weighted by Crippen LogP contribution is 2.36. The van der Waals surface area contributed by atoms with Gasteiger partial charge in [0.2, 0.25) is 0 Å². The molecule has 2 aromatic rings. The highest BCUT2D eigenvalue weighted by Gasteiger charge is 2.40. The van der Waals surface area contributed by atoms with E-state index in [4.69, 9.17) is 9.47 Å². The summed E-state index contributed by atoms with van der Waals surface area (Å²) < 4.78 is 11.6. The number of benzene rings is 2. The molecule has 2 fully saturated rings. The van der Waals surface area contributed by atoms with Crippen molar-refractivity contribution in [3.05, 3.63) is 71.3 Å². The van der Waals surface area contributed by atoms with Gasteiger partial charge in [-0.05, 0) is 16.7 Å². The van der Waals surface area contributed by atoms with Crippen molar-refractivity contribution >= 4 is 0 Å². The van der Waals surface area contributed by atoms with Crippen LogP contribution in [0.1, 0.15) is 41.6 Å². The molecule has 6 nitrogen and oxygen atoms in total. The summed E-state index contributed by atoms with van der Waals surface area (Å²) in [5.74, 6) is -0.894. The summed E-state index contributed by atoms with van der Waals surface area (Å²) in [5.41, 5.74) is 2.42. The number of hydrogen-bond donors (Lipinski definition) is 3. The Morgan fingerprint density at radius 3 is 2.10 bits per heavy atom. The highest BCUT2D eigenvalue weighted by molar-refractivity contribution is 5.30. The minimum Gasteiger partial charge on any atom is -0.392 e. The van der Waals surface area contributed by atoms with Crippen LogP contribution < -0.4 is 0 Å². The molecular formula is C24H31NO5.